The zero-order valence-corrected chi connectivity index (χ0v) is 15.7. The van der Waals surface area contributed by atoms with Crippen molar-refractivity contribution in [2.24, 2.45) is 5.73 Å². The van der Waals surface area contributed by atoms with Crippen molar-refractivity contribution in [3.63, 3.8) is 0 Å². The monoisotopic (exact) mass is 381 g/mol. The zero-order valence-electron chi connectivity index (χ0n) is 15.7. The molecule has 7 heteroatoms. The summed E-state index contributed by atoms with van der Waals surface area (Å²) >= 11 is 0. The minimum Gasteiger partial charge on any atom is -0.452 e. The topological polar surface area (TPSA) is 102 Å². The van der Waals surface area contributed by atoms with Crippen molar-refractivity contribution in [3.05, 3.63) is 65.2 Å². The van der Waals surface area contributed by atoms with Crippen molar-refractivity contribution >= 4 is 23.6 Å². The molecule has 0 fully saturated rings. The Labute approximate surface area is 163 Å². The third-order valence-electron chi connectivity index (χ3n) is 4.89. The Balaban J connectivity index is 1.61. The number of amides is 3. The summed E-state index contributed by atoms with van der Waals surface area (Å²) < 4.78 is 5.18. The molecule has 1 aliphatic carbocycles. The van der Waals surface area contributed by atoms with Crippen LogP contribution in [0, 0.1) is 0 Å². The summed E-state index contributed by atoms with van der Waals surface area (Å²) in [6, 6.07) is 13.6. The summed E-state index contributed by atoms with van der Waals surface area (Å²) in [6.07, 6.45) is 2.91. The summed E-state index contributed by atoms with van der Waals surface area (Å²) in [4.78, 5) is 37.4. The molecule has 7 nitrogen and oxygen atoms in total. The molecular formula is C21H23N3O4. The number of anilines is 1. The van der Waals surface area contributed by atoms with Crippen LogP contribution in [0.5, 0.6) is 0 Å². The molecule has 0 heterocycles. The fraction of sp³-hybridized carbons (Fsp3) is 0.286. The van der Waals surface area contributed by atoms with Crippen LogP contribution >= 0.6 is 0 Å². The number of fused-ring (bicyclic) bond motifs is 1. The number of rotatable bonds is 5. The van der Waals surface area contributed by atoms with Gasteiger partial charge >= 0.3 is 12.0 Å². The van der Waals surface area contributed by atoms with Gasteiger partial charge in [-0.05, 0) is 48.6 Å². The number of esters is 1. The SMILES string of the molecule is CN(C(=O)COC(=O)c1cccc(NC(N)=O)c1)[C@@H]1CCCc2ccccc21. The molecule has 3 rings (SSSR count). The molecule has 28 heavy (non-hydrogen) atoms. The van der Waals surface area contributed by atoms with Crippen molar-refractivity contribution in [2.75, 3.05) is 19.0 Å². The summed E-state index contributed by atoms with van der Waals surface area (Å²) in [5.74, 6) is -0.902. The second-order valence-corrected chi connectivity index (χ2v) is 6.76. The Kier molecular flexibility index (Phi) is 5.93. The number of nitrogens with zero attached hydrogens (tertiary/aromatic N) is 1. The third kappa shape index (κ3) is 4.49. The molecule has 0 saturated heterocycles. The molecule has 0 spiro atoms. The molecule has 0 aromatic heterocycles. The lowest BCUT2D eigenvalue weighted by molar-refractivity contribution is -0.135. The highest BCUT2D eigenvalue weighted by atomic mass is 16.5. The standard InChI is InChI=1S/C21H23N3O4/c1-24(18-11-5-7-14-6-2-3-10-17(14)18)19(25)13-28-20(26)15-8-4-9-16(12-15)23-21(22)27/h2-4,6,8-10,12,18H,5,7,11,13H2,1H3,(H3,22,23,27)/t18-/m1/s1. The van der Waals surface area contributed by atoms with Crippen LogP contribution in [-0.2, 0) is 16.0 Å². The predicted octanol–water partition coefficient (Wildman–Crippen LogP) is 2.87. The van der Waals surface area contributed by atoms with E-state index in [0.717, 1.165) is 24.8 Å². The van der Waals surface area contributed by atoms with Crippen molar-refractivity contribution in [1.29, 1.82) is 0 Å². The van der Waals surface area contributed by atoms with Crippen molar-refractivity contribution in [1.82, 2.24) is 4.90 Å². The van der Waals surface area contributed by atoms with Gasteiger partial charge < -0.3 is 20.7 Å². The van der Waals surface area contributed by atoms with Crippen LogP contribution in [0.1, 0.15) is 40.4 Å². The van der Waals surface area contributed by atoms with Gasteiger partial charge in [0.05, 0.1) is 11.6 Å². The molecule has 2 aromatic carbocycles. The number of hydrogen-bond acceptors (Lipinski definition) is 4. The average Bonchev–Trinajstić information content (AvgIpc) is 2.70. The molecule has 146 valence electrons. The lowest BCUT2D eigenvalue weighted by atomic mass is 9.87. The van der Waals surface area contributed by atoms with E-state index in [1.54, 1.807) is 30.1 Å². The molecule has 0 aliphatic heterocycles. The molecule has 0 bridgehead atoms. The number of urea groups is 1. The maximum absolute atomic E-state index is 12.6. The van der Waals surface area contributed by atoms with Crippen LogP contribution in [0.2, 0.25) is 0 Å². The fourth-order valence-corrected chi connectivity index (χ4v) is 3.48. The lowest BCUT2D eigenvalue weighted by Crippen LogP contribution is -2.36. The fourth-order valence-electron chi connectivity index (χ4n) is 3.48. The number of likely N-dealkylation sites (N-methyl/N-ethyl adjacent to an activating group) is 1. The Hall–Kier alpha value is -3.35. The van der Waals surface area contributed by atoms with Gasteiger partial charge in [0.15, 0.2) is 6.61 Å². The second-order valence-electron chi connectivity index (χ2n) is 6.76. The number of carbonyl (C=O) groups is 3. The van der Waals surface area contributed by atoms with Gasteiger partial charge in [-0.3, -0.25) is 4.79 Å². The summed E-state index contributed by atoms with van der Waals surface area (Å²) in [5, 5.41) is 2.39. The van der Waals surface area contributed by atoms with Crippen LogP contribution < -0.4 is 11.1 Å². The average molecular weight is 381 g/mol. The Morgan fingerprint density at radius 2 is 1.96 bits per heavy atom. The first kappa shape index (κ1) is 19.4. The number of ether oxygens (including phenoxy) is 1. The first-order chi connectivity index (χ1) is 13.5. The molecular weight excluding hydrogens is 358 g/mol. The van der Waals surface area contributed by atoms with Gasteiger partial charge in [0.25, 0.3) is 5.91 Å². The number of nitrogens with two attached hydrogens (primary N) is 1. The van der Waals surface area contributed by atoms with Gasteiger partial charge in [-0.15, -0.1) is 0 Å². The molecule has 1 aliphatic rings. The van der Waals surface area contributed by atoms with Crippen LogP contribution in [0.15, 0.2) is 48.5 Å². The van der Waals surface area contributed by atoms with Crippen LogP contribution in [0.25, 0.3) is 0 Å². The smallest absolute Gasteiger partial charge is 0.338 e. The van der Waals surface area contributed by atoms with E-state index in [0.29, 0.717) is 5.69 Å². The summed E-state index contributed by atoms with van der Waals surface area (Å²) in [5.41, 5.74) is 8.09. The van der Waals surface area contributed by atoms with Gasteiger partial charge in [0.2, 0.25) is 0 Å². The largest absolute Gasteiger partial charge is 0.452 e. The van der Waals surface area contributed by atoms with E-state index in [2.05, 4.69) is 11.4 Å². The summed E-state index contributed by atoms with van der Waals surface area (Å²) in [7, 11) is 1.74. The molecule has 3 N–H and O–H groups in total. The molecule has 0 saturated carbocycles. The van der Waals surface area contributed by atoms with E-state index < -0.39 is 12.0 Å². The number of carbonyl (C=O) groups excluding carboxylic acids is 3. The van der Waals surface area contributed by atoms with Crippen molar-refractivity contribution in [2.45, 2.75) is 25.3 Å². The number of primary amides is 1. The minimum atomic E-state index is -0.727. The molecule has 3 amide bonds. The maximum atomic E-state index is 12.6. The summed E-state index contributed by atoms with van der Waals surface area (Å²) in [6.45, 7) is -0.346. The van der Waals surface area contributed by atoms with Crippen molar-refractivity contribution < 1.29 is 19.1 Å². The minimum absolute atomic E-state index is 0.0146. The van der Waals surface area contributed by atoms with Crippen LogP contribution in [-0.4, -0.2) is 36.5 Å². The van der Waals surface area contributed by atoms with Crippen LogP contribution in [0.3, 0.4) is 0 Å². The molecule has 0 radical (unpaired) electrons. The molecule has 1 atom stereocenters. The zero-order chi connectivity index (χ0) is 20.1. The maximum Gasteiger partial charge on any atom is 0.338 e. The number of nitrogens with one attached hydrogen (secondary N) is 1. The van der Waals surface area contributed by atoms with Gasteiger partial charge in [-0.25, -0.2) is 9.59 Å². The van der Waals surface area contributed by atoms with Crippen LogP contribution in [0.4, 0.5) is 10.5 Å². The Morgan fingerprint density at radius 3 is 2.75 bits per heavy atom. The van der Waals surface area contributed by atoms with E-state index >= 15 is 0 Å². The highest BCUT2D eigenvalue weighted by Gasteiger charge is 2.27. The molecule has 2 aromatic rings. The predicted molar refractivity (Wildman–Crippen MR) is 105 cm³/mol. The number of hydrogen-bond donors (Lipinski definition) is 2. The van der Waals surface area contributed by atoms with E-state index in [1.807, 2.05) is 18.2 Å². The van der Waals surface area contributed by atoms with E-state index in [4.69, 9.17) is 10.5 Å². The number of benzene rings is 2. The van der Waals surface area contributed by atoms with Gasteiger partial charge in [-0.2, -0.15) is 0 Å². The quantitative estimate of drug-likeness (QED) is 0.778. The lowest BCUT2D eigenvalue weighted by Gasteiger charge is -2.33. The van der Waals surface area contributed by atoms with Gasteiger partial charge in [-0.1, -0.05) is 30.3 Å². The van der Waals surface area contributed by atoms with Crippen molar-refractivity contribution in [3.8, 4) is 0 Å². The van der Waals surface area contributed by atoms with Gasteiger partial charge in [0.1, 0.15) is 0 Å². The normalized spacial score (nSPS) is 15.2. The molecule has 0 unspecified atom stereocenters. The first-order valence-electron chi connectivity index (χ1n) is 9.13. The first-order valence-corrected chi connectivity index (χ1v) is 9.13. The highest BCUT2D eigenvalue weighted by Crippen LogP contribution is 2.33. The van der Waals surface area contributed by atoms with Gasteiger partial charge in [0, 0.05) is 12.7 Å². The Morgan fingerprint density at radius 1 is 1.18 bits per heavy atom. The van der Waals surface area contributed by atoms with E-state index in [9.17, 15) is 14.4 Å². The second kappa shape index (κ2) is 8.56. The number of aryl methyl sites for hydroxylation is 1. The third-order valence-corrected chi connectivity index (χ3v) is 4.89. The highest BCUT2D eigenvalue weighted by molar-refractivity contribution is 5.94. The Bertz CT molecular complexity index is 897. The van der Waals surface area contributed by atoms with E-state index in [-0.39, 0.29) is 24.1 Å². The van der Waals surface area contributed by atoms with E-state index in [1.165, 1.54) is 11.6 Å².